The predicted octanol–water partition coefficient (Wildman–Crippen LogP) is 3.21. The Morgan fingerprint density at radius 2 is 1.80 bits per heavy atom. The van der Waals surface area contributed by atoms with E-state index in [0.717, 1.165) is 0 Å². The first kappa shape index (κ1) is 19.8. The number of alkyl carbamates (subject to hydrolysis) is 1. The van der Waals surface area contributed by atoms with Gasteiger partial charge in [-0.25, -0.2) is 4.79 Å². The fraction of sp³-hybridized carbons (Fsp3) is 0.923. The predicted molar refractivity (Wildman–Crippen MR) is 83.4 cm³/mol. The van der Waals surface area contributed by atoms with Crippen molar-refractivity contribution in [3.8, 4) is 0 Å². The molecule has 0 aliphatic heterocycles. The molecule has 5 nitrogen and oxygen atoms in total. The van der Waals surface area contributed by atoms with Crippen LogP contribution in [0.1, 0.15) is 34.6 Å². The molecule has 120 valence electrons. The number of halogens is 1. The van der Waals surface area contributed by atoms with E-state index >= 15 is 0 Å². The number of carbonyl (C=O) groups excluding carboxylic acids is 1. The van der Waals surface area contributed by atoms with Crippen LogP contribution in [0.2, 0.25) is 0 Å². The maximum absolute atomic E-state index is 11.9. The summed E-state index contributed by atoms with van der Waals surface area (Å²) in [6, 6.07) is -0.312. The van der Waals surface area contributed by atoms with E-state index in [9.17, 15) is 4.79 Å². The molecular weight excluding hydrogens is 302 g/mol. The molecule has 0 saturated heterocycles. The minimum atomic E-state index is -0.541. The van der Waals surface area contributed by atoms with Gasteiger partial charge in [0.15, 0.2) is 6.29 Å². The maximum atomic E-state index is 11.9. The second-order valence-electron chi connectivity index (χ2n) is 5.01. The SMILES string of the molecule is CCOC(OCC)C(CSCCl)NC(=O)OC(C)(C)C. The third kappa shape index (κ3) is 9.69. The fourth-order valence-corrected chi connectivity index (χ4v) is 2.28. The quantitative estimate of drug-likeness (QED) is 0.520. The third-order valence-electron chi connectivity index (χ3n) is 2.07. The molecule has 0 aliphatic rings. The van der Waals surface area contributed by atoms with E-state index < -0.39 is 18.0 Å². The van der Waals surface area contributed by atoms with Gasteiger partial charge in [0, 0.05) is 19.0 Å². The summed E-state index contributed by atoms with van der Waals surface area (Å²) in [4.78, 5) is 11.9. The van der Waals surface area contributed by atoms with Crippen LogP contribution in [0, 0.1) is 0 Å². The van der Waals surface area contributed by atoms with Crippen molar-refractivity contribution in [3.63, 3.8) is 0 Å². The molecule has 1 atom stereocenters. The Kier molecular flexibility index (Phi) is 10.5. The number of nitrogens with one attached hydrogen (secondary N) is 1. The largest absolute Gasteiger partial charge is 0.444 e. The summed E-state index contributed by atoms with van der Waals surface area (Å²) in [6.45, 7) is 10.2. The lowest BCUT2D eigenvalue weighted by molar-refractivity contribution is -0.149. The van der Waals surface area contributed by atoms with E-state index in [1.54, 1.807) is 0 Å². The lowest BCUT2D eigenvalue weighted by Crippen LogP contribution is -2.49. The summed E-state index contributed by atoms with van der Waals surface area (Å²) in [6.07, 6.45) is -0.990. The van der Waals surface area contributed by atoms with Crippen molar-refractivity contribution in [2.24, 2.45) is 0 Å². The molecule has 0 heterocycles. The van der Waals surface area contributed by atoms with E-state index in [4.69, 9.17) is 25.8 Å². The monoisotopic (exact) mass is 327 g/mol. The Labute approximate surface area is 131 Å². The molecule has 0 saturated carbocycles. The summed E-state index contributed by atoms with van der Waals surface area (Å²) in [7, 11) is 0. The lowest BCUT2D eigenvalue weighted by atomic mass is 10.2. The summed E-state index contributed by atoms with van der Waals surface area (Å²) in [5.74, 6) is 0.591. The molecule has 0 fully saturated rings. The van der Waals surface area contributed by atoms with Gasteiger partial charge in [-0.3, -0.25) is 0 Å². The van der Waals surface area contributed by atoms with Crippen LogP contribution in [-0.2, 0) is 14.2 Å². The van der Waals surface area contributed by atoms with E-state index in [1.165, 1.54) is 11.8 Å². The number of carbonyl (C=O) groups is 1. The lowest BCUT2D eigenvalue weighted by Gasteiger charge is -2.28. The van der Waals surface area contributed by atoms with Crippen molar-refractivity contribution in [2.45, 2.75) is 52.6 Å². The molecule has 0 spiro atoms. The van der Waals surface area contributed by atoms with Crippen LogP contribution < -0.4 is 5.32 Å². The fourth-order valence-electron chi connectivity index (χ4n) is 1.43. The summed E-state index contributed by atoms with van der Waals surface area (Å²) in [5, 5.41) is 3.23. The smallest absolute Gasteiger partial charge is 0.408 e. The molecule has 1 N–H and O–H groups in total. The first-order chi connectivity index (χ1) is 9.34. The summed E-state index contributed by atoms with van der Waals surface area (Å²) >= 11 is 7.18. The van der Waals surface area contributed by atoms with E-state index in [-0.39, 0.29) is 6.04 Å². The van der Waals surface area contributed by atoms with Gasteiger partial charge in [-0.15, -0.1) is 23.4 Å². The standard InChI is InChI=1S/C13H26ClNO4S/c1-6-17-11(18-7-2)10(8-20-9-14)15-12(16)19-13(3,4)5/h10-11H,6-9H2,1-5H3,(H,15,16). The molecule has 0 aromatic carbocycles. The highest BCUT2D eigenvalue weighted by atomic mass is 35.5. The second kappa shape index (κ2) is 10.5. The Bertz CT molecular complexity index is 268. The number of alkyl halides is 1. The average Bonchev–Trinajstić information content (AvgIpc) is 2.32. The van der Waals surface area contributed by atoms with E-state index in [1.807, 2.05) is 34.6 Å². The van der Waals surface area contributed by atoms with Gasteiger partial charge in [0.25, 0.3) is 0 Å². The van der Waals surface area contributed by atoms with Gasteiger partial charge >= 0.3 is 6.09 Å². The van der Waals surface area contributed by atoms with Crippen molar-refractivity contribution >= 4 is 29.5 Å². The summed E-state index contributed by atoms with van der Waals surface area (Å²) in [5.41, 5.74) is -0.541. The van der Waals surface area contributed by atoms with Gasteiger partial charge in [-0.05, 0) is 34.6 Å². The number of rotatable bonds is 9. The highest BCUT2D eigenvalue weighted by molar-refractivity contribution is 8.00. The first-order valence-corrected chi connectivity index (χ1v) is 8.39. The molecule has 0 aliphatic carbocycles. The zero-order valence-electron chi connectivity index (χ0n) is 12.9. The molecule has 7 heteroatoms. The highest BCUT2D eigenvalue weighted by Crippen LogP contribution is 2.13. The molecular formula is C13H26ClNO4S. The van der Waals surface area contributed by atoms with Crippen LogP contribution in [-0.4, -0.2) is 48.2 Å². The second-order valence-corrected chi connectivity index (χ2v) is 6.63. The van der Waals surface area contributed by atoms with Gasteiger partial charge in [-0.1, -0.05) is 0 Å². The van der Waals surface area contributed by atoms with Gasteiger partial charge in [0.1, 0.15) is 5.60 Å². The Balaban J connectivity index is 4.62. The molecule has 1 amide bonds. The van der Waals surface area contributed by atoms with Crippen molar-refractivity contribution < 1.29 is 19.0 Å². The molecule has 0 bridgehead atoms. The zero-order chi connectivity index (χ0) is 15.6. The van der Waals surface area contributed by atoms with Crippen LogP contribution in [0.3, 0.4) is 0 Å². The number of ether oxygens (including phenoxy) is 3. The molecule has 1 unspecified atom stereocenters. The maximum Gasteiger partial charge on any atom is 0.408 e. The number of amides is 1. The van der Waals surface area contributed by atoms with Crippen molar-refractivity contribution in [1.29, 1.82) is 0 Å². The topological polar surface area (TPSA) is 56.8 Å². The van der Waals surface area contributed by atoms with E-state index in [2.05, 4.69) is 5.32 Å². The van der Waals surface area contributed by atoms with Crippen LogP contribution >= 0.6 is 23.4 Å². The normalized spacial score (nSPS) is 13.3. The third-order valence-corrected chi connectivity index (χ3v) is 3.28. The first-order valence-electron chi connectivity index (χ1n) is 6.70. The molecule has 0 aromatic heterocycles. The number of thioether (sulfide) groups is 1. The van der Waals surface area contributed by atoms with Crippen LogP contribution in [0.4, 0.5) is 4.79 Å². The van der Waals surface area contributed by atoms with Crippen molar-refractivity contribution in [1.82, 2.24) is 5.32 Å². The van der Waals surface area contributed by atoms with Gasteiger partial charge in [0.05, 0.1) is 11.3 Å². The van der Waals surface area contributed by atoms with E-state index in [0.29, 0.717) is 24.2 Å². The number of hydrogen-bond donors (Lipinski definition) is 1. The Hall–Kier alpha value is -0.170. The zero-order valence-corrected chi connectivity index (χ0v) is 14.5. The minimum Gasteiger partial charge on any atom is -0.444 e. The Morgan fingerprint density at radius 1 is 1.25 bits per heavy atom. The van der Waals surface area contributed by atoms with Crippen molar-refractivity contribution in [3.05, 3.63) is 0 Å². The van der Waals surface area contributed by atoms with Gasteiger partial charge in [0.2, 0.25) is 0 Å². The van der Waals surface area contributed by atoms with Crippen LogP contribution in [0.25, 0.3) is 0 Å². The van der Waals surface area contributed by atoms with Gasteiger partial charge in [-0.2, -0.15) is 0 Å². The molecule has 20 heavy (non-hydrogen) atoms. The summed E-state index contributed by atoms with van der Waals surface area (Å²) < 4.78 is 16.3. The molecule has 0 rings (SSSR count). The average molecular weight is 328 g/mol. The van der Waals surface area contributed by atoms with Crippen molar-refractivity contribution in [2.75, 3.05) is 24.2 Å². The van der Waals surface area contributed by atoms with Crippen LogP contribution in [0.15, 0.2) is 0 Å². The minimum absolute atomic E-state index is 0.312. The molecule has 0 radical (unpaired) electrons. The highest BCUT2D eigenvalue weighted by Gasteiger charge is 2.26. The van der Waals surface area contributed by atoms with Gasteiger partial charge < -0.3 is 19.5 Å². The number of hydrogen-bond acceptors (Lipinski definition) is 5. The van der Waals surface area contributed by atoms with Crippen LogP contribution in [0.5, 0.6) is 0 Å². The molecule has 0 aromatic rings. The Morgan fingerprint density at radius 3 is 2.20 bits per heavy atom.